The van der Waals surface area contributed by atoms with Gasteiger partial charge in [-0.2, -0.15) is 10.1 Å². The van der Waals surface area contributed by atoms with Crippen LogP contribution in [0.3, 0.4) is 0 Å². The highest BCUT2D eigenvalue weighted by atomic mass is 19.1. The Morgan fingerprint density at radius 1 is 1.21 bits per heavy atom. The van der Waals surface area contributed by atoms with Gasteiger partial charge in [-0.05, 0) is 24.1 Å². The molecule has 8 nitrogen and oxygen atoms in total. The molecular weight excluding hydrogens is 373 g/mol. The second-order valence-electron chi connectivity index (χ2n) is 6.98. The summed E-state index contributed by atoms with van der Waals surface area (Å²) in [5, 5.41) is 10.4. The second kappa shape index (κ2) is 7.86. The number of hydrogen-bond acceptors (Lipinski definition) is 6. The van der Waals surface area contributed by atoms with E-state index in [4.69, 9.17) is 0 Å². The Bertz CT molecular complexity index is 1020. The summed E-state index contributed by atoms with van der Waals surface area (Å²) in [6.07, 6.45) is 6.01. The van der Waals surface area contributed by atoms with E-state index < -0.39 is 0 Å². The van der Waals surface area contributed by atoms with Crippen molar-refractivity contribution in [2.75, 3.05) is 22.6 Å². The Morgan fingerprint density at radius 3 is 2.76 bits per heavy atom. The topological polar surface area (TPSA) is 88.0 Å². The number of benzene rings is 1. The first kappa shape index (κ1) is 18.9. The van der Waals surface area contributed by atoms with Gasteiger partial charge in [-0.1, -0.05) is 19.1 Å². The van der Waals surface area contributed by atoms with Crippen LogP contribution in [0.15, 0.2) is 42.9 Å². The van der Waals surface area contributed by atoms with Crippen LogP contribution in [0.4, 0.5) is 21.8 Å². The van der Waals surface area contributed by atoms with E-state index in [1.807, 2.05) is 25.1 Å². The van der Waals surface area contributed by atoms with Gasteiger partial charge in [0.1, 0.15) is 17.5 Å². The molecule has 29 heavy (non-hydrogen) atoms. The first-order valence-corrected chi connectivity index (χ1v) is 9.44. The molecule has 1 aliphatic rings. The molecule has 2 aromatic heterocycles. The predicted octanol–water partition coefficient (Wildman–Crippen LogP) is 2.64. The first-order chi connectivity index (χ1) is 14.0. The number of aromatic nitrogens is 4. The van der Waals surface area contributed by atoms with Gasteiger partial charge in [-0.3, -0.25) is 9.48 Å². The largest absolute Gasteiger partial charge is 0.350 e. The molecule has 0 unspecified atom stereocenters. The van der Waals surface area contributed by atoms with Crippen molar-refractivity contribution in [1.82, 2.24) is 19.7 Å². The number of nitrogens with zero attached hydrogens (tertiary/aromatic N) is 5. The minimum atomic E-state index is -0.250. The molecule has 1 amide bonds. The molecule has 0 spiro atoms. The number of carbonyl (C=O) groups excluding carboxylic acids is 1. The van der Waals surface area contributed by atoms with Crippen molar-refractivity contribution in [3.05, 3.63) is 59.8 Å². The van der Waals surface area contributed by atoms with Gasteiger partial charge < -0.3 is 15.5 Å². The summed E-state index contributed by atoms with van der Waals surface area (Å²) in [6, 6.07) is 6.13. The number of carbonyl (C=O) groups is 1. The molecule has 3 aromatic rings. The highest BCUT2D eigenvalue weighted by Gasteiger charge is 2.30. The minimum Gasteiger partial charge on any atom is -0.350 e. The van der Waals surface area contributed by atoms with Crippen molar-refractivity contribution in [1.29, 1.82) is 0 Å². The summed E-state index contributed by atoms with van der Waals surface area (Å²) in [4.78, 5) is 22.8. The van der Waals surface area contributed by atoms with E-state index in [9.17, 15) is 9.18 Å². The molecular formula is C20H22FN7O. The predicted molar refractivity (Wildman–Crippen MR) is 108 cm³/mol. The molecule has 9 heteroatoms. The third kappa shape index (κ3) is 4.03. The Morgan fingerprint density at radius 2 is 2.00 bits per heavy atom. The lowest BCUT2D eigenvalue weighted by Gasteiger charge is -2.33. The van der Waals surface area contributed by atoms with Crippen LogP contribution in [-0.2, 0) is 17.9 Å². The number of fused-ring (bicyclic) bond motifs is 1. The van der Waals surface area contributed by atoms with Crippen LogP contribution in [0.5, 0.6) is 0 Å². The molecule has 0 aliphatic carbocycles. The third-order valence-corrected chi connectivity index (χ3v) is 4.91. The van der Waals surface area contributed by atoms with Gasteiger partial charge in [0.15, 0.2) is 5.82 Å². The summed E-state index contributed by atoms with van der Waals surface area (Å²) in [7, 11) is 1.86. The zero-order chi connectivity index (χ0) is 20.4. The number of anilines is 3. The smallest absolute Gasteiger partial charge is 0.247 e. The van der Waals surface area contributed by atoms with Gasteiger partial charge in [0, 0.05) is 25.4 Å². The maximum Gasteiger partial charge on any atom is 0.247 e. The Balaban J connectivity index is 1.41. The molecule has 1 atom stereocenters. The molecule has 0 bridgehead atoms. The summed E-state index contributed by atoms with van der Waals surface area (Å²) in [6.45, 7) is 3.05. The summed E-state index contributed by atoms with van der Waals surface area (Å²) < 4.78 is 14.8. The number of hydrogen-bond donors (Lipinski definition) is 2. The van der Waals surface area contributed by atoms with Crippen LogP contribution in [0.1, 0.15) is 24.5 Å². The quantitative estimate of drug-likeness (QED) is 0.667. The van der Waals surface area contributed by atoms with Crippen molar-refractivity contribution in [3.63, 3.8) is 0 Å². The summed E-state index contributed by atoms with van der Waals surface area (Å²) >= 11 is 0. The maximum atomic E-state index is 13.0. The van der Waals surface area contributed by atoms with Crippen molar-refractivity contribution in [3.8, 4) is 0 Å². The van der Waals surface area contributed by atoms with E-state index in [-0.39, 0.29) is 17.8 Å². The SMILES string of the molecule is CC[C@@H]1C(=O)Nc2cnc(NCc3cnn(Cc4ccc(F)cc4)c3)nc2N1C. The lowest BCUT2D eigenvalue weighted by molar-refractivity contribution is -0.117. The van der Waals surface area contributed by atoms with E-state index in [1.165, 1.54) is 12.1 Å². The zero-order valence-corrected chi connectivity index (χ0v) is 16.3. The lowest BCUT2D eigenvalue weighted by atomic mass is 10.1. The van der Waals surface area contributed by atoms with E-state index in [0.29, 0.717) is 37.0 Å². The number of amides is 1. The van der Waals surface area contributed by atoms with Gasteiger partial charge in [-0.25, -0.2) is 9.37 Å². The Labute approximate surface area is 167 Å². The van der Waals surface area contributed by atoms with Crippen molar-refractivity contribution < 1.29 is 9.18 Å². The molecule has 1 aromatic carbocycles. The molecule has 2 N–H and O–H groups in total. The maximum absolute atomic E-state index is 13.0. The average Bonchev–Trinajstić information content (AvgIpc) is 3.16. The molecule has 0 saturated carbocycles. The second-order valence-corrected chi connectivity index (χ2v) is 6.98. The fourth-order valence-corrected chi connectivity index (χ4v) is 3.36. The van der Waals surface area contributed by atoms with E-state index in [0.717, 1.165) is 11.1 Å². The van der Waals surface area contributed by atoms with Gasteiger partial charge >= 0.3 is 0 Å². The summed E-state index contributed by atoms with van der Waals surface area (Å²) in [5.74, 6) is 0.883. The van der Waals surface area contributed by atoms with Gasteiger partial charge in [0.25, 0.3) is 0 Å². The fourth-order valence-electron chi connectivity index (χ4n) is 3.36. The van der Waals surface area contributed by atoms with Crippen LogP contribution in [0.25, 0.3) is 0 Å². The summed E-state index contributed by atoms with van der Waals surface area (Å²) in [5.41, 5.74) is 2.56. The van der Waals surface area contributed by atoms with Crippen LogP contribution < -0.4 is 15.5 Å². The molecule has 0 fully saturated rings. The zero-order valence-electron chi connectivity index (χ0n) is 16.3. The van der Waals surface area contributed by atoms with Crippen LogP contribution in [-0.4, -0.2) is 38.7 Å². The van der Waals surface area contributed by atoms with Crippen molar-refractivity contribution in [2.45, 2.75) is 32.5 Å². The number of halogens is 1. The lowest BCUT2D eigenvalue weighted by Crippen LogP contribution is -2.46. The molecule has 150 valence electrons. The van der Waals surface area contributed by atoms with E-state index in [2.05, 4.69) is 25.7 Å². The highest BCUT2D eigenvalue weighted by molar-refractivity contribution is 6.02. The molecule has 4 rings (SSSR count). The van der Waals surface area contributed by atoms with Gasteiger partial charge in [-0.15, -0.1) is 0 Å². The number of likely N-dealkylation sites (N-methyl/N-ethyl adjacent to an activating group) is 1. The van der Waals surface area contributed by atoms with Gasteiger partial charge in [0.05, 0.1) is 18.9 Å². The molecule has 0 saturated heterocycles. The van der Waals surface area contributed by atoms with E-state index >= 15 is 0 Å². The average molecular weight is 395 g/mol. The van der Waals surface area contributed by atoms with Crippen molar-refractivity contribution in [2.24, 2.45) is 0 Å². The molecule has 1 aliphatic heterocycles. The van der Waals surface area contributed by atoms with Gasteiger partial charge in [0.2, 0.25) is 11.9 Å². The molecule has 3 heterocycles. The minimum absolute atomic E-state index is 0.0413. The Kier molecular flexibility index (Phi) is 5.11. The normalized spacial score (nSPS) is 15.8. The highest BCUT2D eigenvalue weighted by Crippen LogP contribution is 2.30. The standard InChI is InChI=1S/C20H22FN7O/c1-3-17-19(29)25-16-10-23-20(26-18(16)27(17)2)22-8-14-9-24-28(12-14)11-13-4-6-15(21)7-5-13/h4-7,9-10,12,17H,3,8,11H2,1-2H3,(H,25,29)(H,22,23,26)/t17-/m1/s1. The number of rotatable bonds is 6. The first-order valence-electron chi connectivity index (χ1n) is 9.44. The number of nitrogens with one attached hydrogen (secondary N) is 2. The van der Waals surface area contributed by atoms with Crippen LogP contribution in [0, 0.1) is 5.82 Å². The monoisotopic (exact) mass is 395 g/mol. The van der Waals surface area contributed by atoms with Crippen LogP contribution in [0.2, 0.25) is 0 Å². The fraction of sp³-hybridized carbons (Fsp3) is 0.300. The molecule has 0 radical (unpaired) electrons. The van der Waals surface area contributed by atoms with Crippen molar-refractivity contribution >= 4 is 23.4 Å². The third-order valence-electron chi connectivity index (χ3n) is 4.91. The van der Waals surface area contributed by atoms with Crippen LogP contribution >= 0.6 is 0 Å². The van der Waals surface area contributed by atoms with E-state index in [1.54, 1.807) is 29.2 Å². The Hall–Kier alpha value is -3.49.